The van der Waals surface area contributed by atoms with Gasteiger partial charge in [0.2, 0.25) is 0 Å². The van der Waals surface area contributed by atoms with Crippen LogP contribution in [0.5, 0.6) is 0 Å². The van der Waals surface area contributed by atoms with E-state index in [1.54, 1.807) is 24.3 Å². The smallest absolute Gasteiger partial charge is 0.147 e. The summed E-state index contributed by atoms with van der Waals surface area (Å²) in [4.78, 5) is 12.7. The lowest BCUT2D eigenvalue weighted by Crippen LogP contribution is -2.16. The van der Waals surface area contributed by atoms with Gasteiger partial charge in [-0.05, 0) is 35.4 Å². The Labute approximate surface area is 150 Å². The van der Waals surface area contributed by atoms with Crippen LogP contribution in [0.1, 0.15) is 36.8 Å². The van der Waals surface area contributed by atoms with E-state index in [2.05, 4.69) is 0 Å². The molecule has 2 aromatic rings. The molecular formula is C17H14Cl4O. The van der Waals surface area contributed by atoms with Crippen LogP contribution in [0.2, 0.25) is 20.1 Å². The quantitative estimate of drug-likeness (QED) is 0.575. The largest absolute Gasteiger partial charge is 0.298 e. The average molecular weight is 376 g/mol. The Morgan fingerprint density at radius 2 is 1.09 bits per heavy atom. The molecule has 116 valence electrons. The molecule has 1 nitrogen and oxygen atoms in total. The maximum absolute atomic E-state index is 12.7. The van der Waals surface area contributed by atoms with Crippen LogP contribution in [0.3, 0.4) is 0 Å². The van der Waals surface area contributed by atoms with Crippen LogP contribution < -0.4 is 0 Å². The highest BCUT2D eigenvalue weighted by molar-refractivity contribution is 6.42. The summed E-state index contributed by atoms with van der Waals surface area (Å²) in [5.41, 5.74) is 1.68. The highest BCUT2D eigenvalue weighted by Gasteiger charge is 2.23. The standard InChI is InChI=1S/C17H14Cl4O/c1-9(11-3-5-13(18)15(20)7-11)17(22)10(2)12-4-6-14(19)16(21)8-12/h3-10H,1-2H3. The molecule has 2 aromatic carbocycles. The summed E-state index contributed by atoms with van der Waals surface area (Å²) < 4.78 is 0. The first kappa shape index (κ1) is 17.6. The minimum atomic E-state index is -0.292. The number of halogens is 4. The fourth-order valence-corrected chi connectivity index (χ4v) is 2.88. The molecule has 0 aliphatic carbocycles. The third-order valence-corrected chi connectivity index (χ3v) is 5.22. The molecule has 2 rings (SSSR count). The zero-order valence-electron chi connectivity index (χ0n) is 12.0. The van der Waals surface area contributed by atoms with Crippen molar-refractivity contribution in [3.05, 3.63) is 67.6 Å². The van der Waals surface area contributed by atoms with Crippen molar-refractivity contribution >= 4 is 52.2 Å². The molecule has 2 unspecified atom stereocenters. The number of carbonyl (C=O) groups is 1. The van der Waals surface area contributed by atoms with Crippen LogP contribution in [0.25, 0.3) is 0 Å². The van der Waals surface area contributed by atoms with E-state index in [4.69, 9.17) is 46.4 Å². The van der Waals surface area contributed by atoms with Crippen LogP contribution in [0.4, 0.5) is 0 Å². The molecule has 0 N–H and O–H groups in total. The maximum atomic E-state index is 12.7. The van der Waals surface area contributed by atoms with Crippen molar-refractivity contribution in [3.8, 4) is 0 Å². The second kappa shape index (κ2) is 7.23. The molecule has 0 spiro atoms. The van der Waals surface area contributed by atoms with E-state index >= 15 is 0 Å². The molecule has 0 aliphatic heterocycles. The molecule has 0 saturated carbocycles. The Hall–Kier alpha value is -0.730. The van der Waals surface area contributed by atoms with Crippen molar-refractivity contribution in [3.63, 3.8) is 0 Å². The number of hydrogen-bond donors (Lipinski definition) is 0. The number of hydrogen-bond acceptors (Lipinski definition) is 1. The van der Waals surface area contributed by atoms with Gasteiger partial charge in [0.25, 0.3) is 0 Å². The van der Waals surface area contributed by atoms with Gasteiger partial charge in [-0.2, -0.15) is 0 Å². The van der Waals surface area contributed by atoms with Crippen LogP contribution in [-0.2, 0) is 4.79 Å². The third-order valence-electron chi connectivity index (χ3n) is 3.74. The predicted molar refractivity (Wildman–Crippen MR) is 94.8 cm³/mol. The summed E-state index contributed by atoms with van der Waals surface area (Å²) in [6, 6.07) is 10.5. The molecule has 22 heavy (non-hydrogen) atoms. The number of Topliss-reactive ketones (excluding diaryl/α,β-unsaturated/α-hetero) is 1. The van der Waals surface area contributed by atoms with Crippen LogP contribution in [-0.4, -0.2) is 5.78 Å². The highest BCUT2D eigenvalue weighted by atomic mass is 35.5. The molecule has 0 bridgehead atoms. The number of carbonyl (C=O) groups excluding carboxylic acids is 1. The normalized spacial score (nSPS) is 13.7. The van der Waals surface area contributed by atoms with Gasteiger partial charge in [-0.1, -0.05) is 72.4 Å². The average Bonchev–Trinajstić information content (AvgIpc) is 2.50. The van der Waals surface area contributed by atoms with Crippen LogP contribution >= 0.6 is 46.4 Å². The van der Waals surface area contributed by atoms with E-state index in [9.17, 15) is 4.79 Å². The Balaban J connectivity index is 2.25. The first-order valence-corrected chi connectivity index (χ1v) is 8.26. The second-order valence-electron chi connectivity index (χ2n) is 5.19. The van der Waals surface area contributed by atoms with E-state index < -0.39 is 0 Å². The van der Waals surface area contributed by atoms with E-state index in [0.717, 1.165) is 11.1 Å². The molecule has 0 heterocycles. The van der Waals surface area contributed by atoms with Gasteiger partial charge in [-0.15, -0.1) is 0 Å². The Morgan fingerprint density at radius 3 is 1.41 bits per heavy atom. The van der Waals surface area contributed by atoms with Gasteiger partial charge in [0.15, 0.2) is 0 Å². The zero-order chi connectivity index (χ0) is 16.4. The van der Waals surface area contributed by atoms with Crippen molar-refractivity contribution < 1.29 is 4.79 Å². The summed E-state index contributed by atoms with van der Waals surface area (Å²) in [6.07, 6.45) is 0. The van der Waals surface area contributed by atoms with E-state index in [1.807, 2.05) is 26.0 Å². The first-order chi connectivity index (χ1) is 10.3. The van der Waals surface area contributed by atoms with Crippen molar-refractivity contribution in [1.29, 1.82) is 0 Å². The predicted octanol–water partition coefficient (Wildman–Crippen LogP) is 6.78. The second-order valence-corrected chi connectivity index (χ2v) is 6.82. The Kier molecular flexibility index (Phi) is 5.79. The molecule has 5 heteroatoms. The minimum Gasteiger partial charge on any atom is -0.298 e. The Bertz CT molecular complexity index is 652. The first-order valence-electron chi connectivity index (χ1n) is 6.75. The van der Waals surface area contributed by atoms with Crippen LogP contribution in [0, 0.1) is 0 Å². The zero-order valence-corrected chi connectivity index (χ0v) is 15.1. The van der Waals surface area contributed by atoms with Crippen molar-refractivity contribution in [2.75, 3.05) is 0 Å². The van der Waals surface area contributed by atoms with Gasteiger partial charge >= 0.3 is 0 Å². The molecule has 0 saturated heterocycles. The Morgan fingerprint density at radius 1 is 0.727 bits per heavy atom. The van der Waals surface area contributed by atoms with E-state index in [0.29, 0.717) is 20.1 Å². The lowest BCUT2D eigenvalue weighted by Gasteiger charge is -2.18. The van der Waals surface area contributed by atoms with Crippen molar-refractivity contribution in [1.82, 2.24) is 0 Å². The van der Waals surface area contributed by atoms with Crippen LogP contribution in [0.15, 0.2) is 36.4 Å². The molecule has 2 atom stereocenters. The summed E-state index contributed by atoms with van der Waals surface area (Å²) in [6.45, 7) is 3.71. The van der Waals surface area contributed by atoms with Gasteiger partial charge < -0.3 is 0 Å². The van der Waals surface area contributed by atoms with Gasteiger partial charge in [0.1, 0.15) is 5.78 Å². The SMILES string of the molecule is CC(C(=O)C(C)c1ccc(Cl)c(Cl)c1)c1ccc(Cl)c(Cl)c1. The molecule has 0 amide bonds. The van der Waals surface area contributed by atoms with Gasteiger partial charge in [-0.25, -0.2) is 0 Å². The summed E-state index contributed by atoms with van der Waals surface area (Å²) in [5.74, 6) is -0.504. The fourth-order valence-electron chi connectivity index (χ4n) is 2.27. The maximum Gasteiger partial charge on any atom is 0.147 e. The molecule has 0 radical (unpaired) electrons. The minimum absolute atomic E-state index is 0.0804. The molecule has 0 fully saturated rings. The molecule has 0 aliphatic rings. The summed E-state index contributed by atoms with van der Waals surface area (Å²) >= 11 is 23.9. The van der Waals surface area contributed by atoms with Crippen molar-refractivity contribution in [2.45, 2.75) is 25.7 Å². The molecular weight excluding hydrogens is 362 g/mol. The highest BCUT2D eigenvalue weighted by Crippen LogP contribution is 2.32. The topological polar surface area (TPSA) is 17.1 Å². The number of rotatable bonds is 4. The summed E-state index contributed by atoms with van der Waals surface area (Å²) in [7, 11) is 0. The molecule has 0 aromatic heterocycles. The summed E-state index contributed by atoms with van der Waals surface area (Å²) in [5, 5.41) is 1.84. The van der Waals surface area contributed by atoms with E-state index in [-0.39, 0.29) is 17.6 Å². The lowest BCUT2D eigenvalue weighted by molar-refractivity contribution is -0.121. The fraction of sp³-hybridized carbons (Fsp3) is 0.235. The van der Waals surface area contributed by atoms with E-state index in [1.165, 1.54) is 0 Å². The number of ketones is 1. The van der Waals surface area contributed by atoms with Crippen molar-refractivity contribution in [2.24, 2.45) is 0 Å². The van der Waals surface area contributed by atoms with Gasteiger partial charge in [-0.3, -0.25) is 4.79 Å². The van der Waals surface area contributed by atoms with Gasteiger partial charge in [0.05, 0.1) is 20.1 Å². The number of benzene rings is 2. The lowest BCUT2D eigenvalue weighted by atomic mass is 9.86. The third kappa shape index (κ3) is 3.78. The van der Waals surface area contributed by atoms with Gasteiger partial charge in [0, 0.05) is 11.8 Å². The monoisotopic (exact) mass is 374 g/mol.